The van der Waals surface area contributed by atoms with Gasteiger partial charge in [-0.1, -0.05) is 32.9 Å². The lowest BCUT2D eigenvalue weighted by Gasteiger charge is -2.55. The van der Waals surface area contributed by atoms with Crippen molar-refractivity contribution in [3.05, 3.63) is 34.2 Å². The number of fused-ring (bicyclic) bond motifs is 1. The van der Waals surface area contributed by atoms with Crippen LogP contribution in [0.25, 0.3) is 11.0 Å². The minimum Gasteiger partial charge on any atom is -0.465 e. The maximum absolute atomic E-state index is 13.4. The molecule has 0 saturated carbocycles. The van der Waals surface area contributed by atoms with Crippen molar-refractivity contribution in [2.24, 2.45) is 23.8 Å². The lowest BCUT2D eigenvalue weighted by Crippen LogP contribution is -2.57. The van der Waals surface area contributed by atoms with Crippen LogP contribution in [0.1, 0.15) is 70.9 Å². The predicted molar refractivity (Wildman–Crippen MR) is 152 cm³/mol. The lowest BCUT2D eigenvalue weighted by molar-refractivity contribution is -0.137. The molecule has 0 radical (unpaired) electrons. The van der Waals surface area contributed by atoms with E-state index in [2.05, 4.69) is 26.1 Å². The number of carbonyl (C=O) groups excluding carboxylic acids is 3. The molecular formula is C30H41N5O6. The summed E-state index contributed by atoms with van der Waals surface area (Å²) >= 11 is 0. The standard InChI is InChI=1S/C30H41N5O6/c1-29(2,3)22-18-34(28(40)41)17-14-30(22)12-15-33(16-13-30)24(37)11-8-19-6-5-7-20-25(19)32(4)27(39)35(20)21-9-10-23(36)31-26(21)38/h5-7,21-22H,8-18H2,1-4H3,(H,40,41)(H,31,36,38). The van der Waals surface area contributed by atoms with Gasteiger partial charge in [-0.2, -0.15) is 0 Å². The van der Waals surface area contributed by atoms with Crippen LogP contribution in [0, 0.1) is 16.7 Å². The third-order valence-corrected chi connectivity index (χ3v) is 9.77. The Kier molecular flexibility index (Phi) is 7.50. The molecule has 3 aliphatic heterocycles. The highest BCUT2D eigenvalue weighted by Gasteiger charge is 2.50. The number of rotatable bonds is 4. The molecule has 4 amide bonds. The highest BCUT2D eigenvalue weighted by Crippen LogP contribution is 2.52. The highest BCUT2D eigenvalue weighted by atomic mass is 16.4. The van der Waals surface area contributed by atoms with E-state index in [1.165, 1.54) is 9.13 Å². The minimum absolute atomic E-state index is 0.0315. The molecule has 3 fully saturated rings. The number of hydrogen-bond acceptors (Lipinski definition) is 5. The van der Waals surface area contributed by atoms with E-state index in [9.17, 15) is 29.1 Å². The number of para-hydroxylation sites is 1. The first-order valence-corrected chi connectivity index (χ1v) is 14.6. The van der Waals surface area contributed by atoms with Crippen LogP contribution in [-0.2, 0) is 27.9 Å². The molecular weight excluding hydrogens is 526 g/mol. The van der Waals surface area contributed by atoms with Crippen molar-refractivity contribution in [2.45, 2.75) is 71.8 Å². The van der Waals surface area contributed by atoms with Crippen molar-refractivity contribution in [3.63, 3.8) is 0 Å². The van der Waals surface area contributed by atoms with Crippen LogP contribution in [0.15, 0.2) is 23.0 Å². The number of carboxylic acid groups (broad SMARTS) is 1. The highest BCUT2D eigenvalue weighted by molar-refractivity contribution is 6.00. The summed E-state index contributed by atoms with van der Waals surface area (Å²) in [5.41, 5.74) is 1.85. The summed E-state index contributed by atoms with van der Waals surface area (Å²) in [5, 5.41) is 11.9. The van der Waals surface area contributed by atoms with Gasteiger partial charge in [0.1, 0.15) is 6.04 Å². The fraction of sp³-hybridized carbons (Fsp3) is 0.633. The fourth-order valence-corrected chi connectivity index (χ4v) is 7.55. The summed E-state index contributed by atoms with van der Waals surface area (Å²) < 4.78 is 2.99. The molecule has 1 aromatic heterocycles. The van der Waals surface area contributed by atoms with Crippen LogP contribution in [-0.4, -0.2) is 74.0 Å². The average molecular weight is 568 g/mol. The van der Waals surface area contributed by atoms with E-state index in [1.807, 2.05) is 17.0 Å². The zero-order valence-corrected chi connectivity index (χ0v) is 24.4. The topological polar surface area (TPSA) is 134 Å². The molecule has 1 spiro atoms. The molecule has 11 heteroatoms. The molecule has 222 valence electrons. The molecule has 11 nitrogen and oxygen atoms in total. The van der Waals surface area contributed by atoms with Crippen LogP contribution in [0.4, 0.5) is 4.79 Å². The van der Waals surface area contributed by atoms with Gasteiger partial charge in [-0.15, -0.1) is 0 Å². The van der Waals surface area contributed by atoms with Gasteiger partial charge < -0.3 is 14.9 Å². The molecule has 3 saturated heterocycles. The summed E-state index contributed by atoms with van der Waals surface area (Å²) in [4.78, 5) is 65.9. The summed E-state index contributed by atoms with van der Waals surface area (Å²) in [5.74, 6) is -0.505. The van der Waals surface area contributed by atoms with Gasteiger partial charge in [0.2, 0.25) is 17.7 Å². The number of nitrogens with zero attached hydrogens (tertiary/aromatic N) is 4. The predicted octanol–water partition coefficient (Wildman–Crippen LogP) is 2.91. The Morgan fingerprint density at radius 1 is 1.05 bits per heavy atom. The van der Waals surface area contributed by atoms with Gasteiger partial charge in [-0.3, -0.25) is 28.8 Å². The summed E-state index contributed by atoms with van der Waals surface area (Å²) in [6, 6.07) is 4.81. The van der Waals surface area contributed by atoms with Crippen molar-refractivity contribution in [1.29, 1.82) is 0 Å². The molecule has 2 unspecified atom stereocenters. The molecule has 0 bridgehead atoms. The second-order valence-corrected chi connectivity index (χ2v) is 13.1. The number of aryl methyl sites for hydroxylation is 2. The Bertz CT molecular complexity index is 1440. The van der Waals surface area contributed by atoms with E-state index in [4.69, 9.17) is 0 Å². The number of hydrogen-bond donors (Lipinski definition) is 2. The smallest absolute Gasteiger partial charge is 0.407 e. The van der Waals surface area contributed by atoms with Gasteiger partial charge in [-0.05, 0) is 60.5 Å². The largest absolute Gasteiger partial charge is 0.465 e. The number of aromatic nitrogens is 2. The Morgan fingerprint density at radius 2 is 1.71 bits per heavy atom. The summed E-state index contributed by atoms with van der Waals surface area (Å²) in [6.07, 6.45) is 2.92. The number of nitrogens with one attached hydrogen (secondary N) is 1. The van der Waals surface area contributed by atoms with E-state index in [1.54, 1.807) is 18.0 Å². The second kappa shape index (κ2) is 10.6. The van der Waals surface area contributed by atoms with Crippen molar-refractivity contribution >= 4 is 34.8 Å². The Morgan fingerprint density at radius 3 is 2.32 bits per heavy atom. The molecule has 3 aliphatic rings. The van der Waals surface area contributed by atoms with Gasteiger partial charge in [-0.25, -0.2) is 9.59 Å². The number of amides is 4. The lowest BCUT2D eigenvalue weighted by atomic mass is 9.57. The molecule has 2 aromatic rings. The van der Waals surface area contributed by atoms with Crippen LogP contribution in [0.5, 0.6) is 0 Å². The zero-order valence-electron chi connectivity index (χ0n) is 24.4. The number of carbonyl (C=O) groups is 4. The fourth-order valence-electron chi connectivity index (χ4n) is 7.55. The maximum atomic E-state index is 13.4. The summed E-state index contributed by atoms with van der Waals surface area (Å²) in [6.45, 7) is 8.95. The number of imide groups is 1. The minimum atomic E-state index is -0.860. The van der Waals surface area contributed by atoms with Gasteiger partial charge in [0.05, 0.1) is 11.0 Å². The van der Waals surface area contributed by atoms with Crippen LogP contribution in [0.3, 0.4) is 0 Å². The van der Waals surface area contributed by atoms with Crippen molar-refractivity contribution in [2.75, 3.05) is 26.2 Å². The van der Waals surface area contributed by atoms with Gasteiger partial charge >= 0.3 is 11.8 Å². The van der Waals surface area contributed by atoms with E-state index < -0.39 is 18.0 Å². The van der Waals surface area contributed by atoms with E-state index in [0.717, 1.165) is 24.8 Å². The molecule has 4 heterocycles. The molecule has 2 atom stereocenters. The van der Waals surface area contributed by atoms with Crippen LogP contribution >= 0.6 is 0 Å². The van der Waals surface area contributed by atoms with Gasteiger partial charge in [0.15, 0.2) is 0 Å². The number of likely N-dealkylation sites (tertiary alicyclic amines) is 2. The van der Waals surface area contributed by atoms with E-state index in [-0.39, 0.29) is 47.1 Å². The number of piperidine rings is 3. The van der Waals surface area contributed by atoms with Gasteiger partial charge in [0.25, 0.3) is 0 Å². The Labute approximate surface area is 239 Å². The number of imidazole rings is 1. The van der Waals surface area contributed by atoms with E-state index >= 15 is 0 Å². The number of benzene rings is 1. The van der Waals surface area contributed by atoms with Crippen LogP contribution < -0.4 is 11.0 Å². The van der Waals surface area contributed by atoms with Crippen molar-refractivity contribution in [3.8, 4) is 0 Å². The van der Waals surface area contributed by atoms with Crippen molar-refractivity contribution < 1.29 is 24.3 Å². The first kappa shape index (κ1) is 28.9. The third kappa shape index (κ3) is 5.26. The monoisotopic (exact) mass is 567 g/mol. The Balaban J connectivity index is 1.28. The molecule has 0 aliphatic carbocycles. The van der Waals surface area contributed by atoms with E-state index in [0.29, 0.717) is 50.1 Å². The normalized spacial score (nSPS) is 23.2. The molecule has 41 heavy (non-hydrogen) atoms. The first-order valence-electron chi connectivity index (χ1n) is 14.6. The van der Waals surface area contributed by atoms with Gasteiger partial charge in [0, 0.05) is 46.1 Å². The third-order valence-electron chi connectivity index (χ3n) is 9.77. The van der Waals surface area contributed by atoms with Crippen molar-refractivity contribution in [1.82, 2.24) is 24.3 Å². The quantitative estimate of drug-likeness (QED) is 0.546. The molecule has 2 N–H and O–H groups in total. The average Bonchev–Trinajstić information content (AvgIpc) is 3.17. The maximum Gasteiger partial charge on any atom is 0.407 e. The van der Waals surface area contributed by atoms with Crippen LogP contribution in [0.2, 0.25) is 0 Å². The molecule has 5 rings (SSSR count). The first-order chi connectivity index (χ1) is 19.3. The SMILES string of the molecule is Cn1c(=O)n(C2CCC(=O)NC2=O)c2cccc(CCC(=O)N3CCC4(CCN(C(=O)O)CC4C(C)(C)C)CC3)c21. The Hall–Kier alpha value is -3.63. The second-order valence-electron chi connectivity index (χ2n) is 13.1. The summed E-state index contributed by atoms with van der Waals surface area (Å²) in [7, 11) is 1.67. The molecule has 1 aromatic carbocycles. The zero-order chi connectivity index (χ0) is 29.7.